The van der Waals surface area contributed by atoms with Gasteiger partial charge < -0.3 is 25.3 Å². The predicted octanol–water partition coefficient (Wildman–Crippen LogP) is 2.03. The lowest BCUT2D eigenvalue weighted by atomic mass is 10.1. The summed E-state index contributed by atoms with van der Waals surface area (Å²) >= 11 is 7.70. The van der Waals surface area contributed by atoms with E-state index in [1.54, 1.807) is 17.8 Å². The minimum atomic E-state index is -0.117. The molecule has 0 aromatic carbocycles. The smallest absolute Gasteiger partial charge is 0.254 e. The molecule has 4 heterocycles. The Kier molecular flexibility index (Phi) is 6.35. The first-order valence-corrected chi connectivity index (χ1v) is 11.5. The molecule has 30 heavy (non-hydrogen) atoms. The number of nitrogens with zero attached hydrogens (tertiary/aromatic N) is 6. The summed E-state index contributed by atoms with van der Waals surface area (Å²) in [6.45, 7) is 6.99. The summed E-state index contributed by atoms with van der Waals surface area (Å²) < 4.78 is 0. The van der Waals surface area contributed by atoms with Crippen molar-refractivity contribution in [3.63, 3.8) is 0 Å². The zero-order valence-corrected chi connectivity index (χ0v) is 18.6. The Morgan fingerprint density at radius 2 is 1.90 bits per heavy atom. The normalized spacial score (nSPS) is 17.4. The van der Waals surface area contributed by atoms with E-state index in [0.29, 0.717) is 37.8 Å². The molecule has 2 aliphatic rings. The molecule has 4 rings (SSSR count). The van der Waals surface area contributed by atoms with Gasteiger partial charge in [0, 0.05) is 44.4 Å². The molecule has 9 nitrogen and oxygen atoms in total. The maximum Gasteiger partial charge on any atom is 0.254 e. The molecule has 0 amide bonds. The van der Waals surface area contributed by atoms with E-state index in [0.717, 1.165) is 28.6 Å². The first kappa shape index (κ1) is 21.2. The van der Waals surface area contributed by atoms with Crippen LogP contribution in [0.3, 0.4) is 0 Å². The number of anilines is 3. The largest absolute Gasteiger partial charge is 0.491 e. The molecular weight excluding hydrogens is 426 g/mol. The zero-order valence-electron chi connectivity index (χ0n) is 17.0. The highest BCUT2D eigenvalue weighted by Crippen LogP contribution is 2.37. The van der Waals surface area contributed by atoms with Gasteiger partial charge in [0.1, 0.15) is 11.5 Å². The van der Waals surface area contributed by atoms with Gasteiger partial charge in [-0.05, 0) is 5.92 Å². The highest BCUT2D eigenvalue weighted by molar-refractivity contribution is 7.99. The first-order chi connectivity index (χ1) is 14.5. The molecule has 0 radical (unpaired) electrons. The minimum absolute atomic E-state index is 0.0539. The van der Waals surface area contributed by atoms with Gasteiger partial charge >= 0.3 is 0 Å². The number of aryl methyl sites for hydroxylation is 1. The highest BCUT2D eigenvalue weighted by atomic mass is 35.5. The fraction of sp³-hybridized carbons (Fsp3) is 0.579. The van der Waals surface area contributed by atoms with E-state index < -0.39 is 0 Å². The van der Waals surface area contributed by atoms with Gasteiger partial charge in [-0.2, -0.15) is 4.98 Å². The summed E-state index contributed by atoms with van der Waals surface area (Å²) in [5.41, 5.74) is 1.66. The molecule has 1 saturated heterocycles. The molecule has 2 aromatic rings. The van der Waals surface area contributed by atoms with E-state index in [2.05, 4.69) is 34.3 Å². The number of aromatic nitrogens is 4. The Morgan fingerprint density at radius 1 is 1.17 bits per heavy atom. The molecule has 0 aliphatic carbocycles. The summed E-state index contributed by atoms with van der Waals surface area (Å²) in [6.07, 6.45) is 0.921. The number of aromatic hydroxyl groups is 1. The standard InChI is InChI=1S/C19H26ClN7O2S/c1-11(2)13(10-28)21-17-16-12(3-8-30-16)22-19(23-17)27-6-4-26(5-7-27)14-9-15(20)24-25-18(14)29/h9,11,13,28H,3-8,10H2,1-2H3,(H,25,29)(H,21,22,23). The van der Waals surface area contributed by atoms with Crippen LogP contribution in [0.5, 0.6) is 5.88 Å². The summed E-state index contributed by atoms with van der Waals surface area (Å²) in [7, 11) is 0. The average Bonchev–Trinajstić information content (AvgIpc) is 3.22. The second-order valence-electron chi connectivity index (χ2n) is 7.77. The van der Waals surface area contributed by atoms with Crippen LogP contribution in [0.4, 0.5) is 17.5 Å². The molecule has 1 fully saturated rings. The maximum absolute atomic E-state index is 10.0. The Balaban J connectivity index is 1.52. The number of thioether (sulfide) groups is 1. The number of nitrogens with one attached hydrogen (secondary N) is 1. The van der Waals surface area contributed by atoms with E-state index in [-0.39, 0.29) is 29.6 Å². The van der Waals surface area contributed by atoms with Crippen molar-refractivity contribution in [1.29, 1.82) is 0 Å². The topological polar surface area (TPSA) is 111 Å². The quantitative estimate of drug-likeness (QED) is 0.603. The van der Waals surface area contributed by atoms with Crippen molar-refractivity contribution in [2.24, 2.45) is 5.92 Å². The van der Waals surface area contributed by atoms with Gasteiger partial charge in [0.15, 0.2) is 5.15 Å². The third kappa shape index (κ3) is 4.35. The Labute approximate surface area is 184 Å². The van der Waals surface area contributed by atoms with Gasteiger partial charge in [-0.25, -0.2) is 4.98 Å². The average molecular weight is 452 g/mol. The molecule has 11 heteroatoms. The number of aliphatic hydroxyl groups is 1. The van der Waals surface area contributed by atoms with Crippen LogP contribution in [0.1, 0.15) is 19.5 Å². The van der Waals surface area contributed by atoms with Crippen molar-refractivity contribution in [3.05, 3.63) is 16.9 Å². The van der Waals surface area contributed by atoms with Crippen LogP contribution in [-0.2, 0) is 6.42 Å². The summed E-state index contributed by atoms with van der Waals surface area (Å²) in [5, 5.41) is 30.8. The van der Waals surface area contributed by atoms with Crippen LogP contribution in [0.2, 0.25) is 5.15 Å². The Hall–Kier alpha value is -2.04. The monoisotopic (exact) mass is 451 g/mol. The fourth-order valence-electron chi connectivity index (χ4n) is 3.63. The van der Waals surface area contributed by atoms with Crippen molar-refractivity contribution in [1.82, 2.24) is 20.2 Å². The third-order valence-corrected chi connectivity index (χ3v) is 6.77. The summed E-state index contributed by atoms with van der Waals surface area (Å²) in [4.78, 5) is 14.9. The third-order valence-electron chi connectivity index (χ3n) is 5.46. The van der Waals surface area contributed by atoms with Gasteiger partial charge in [-0.15, -0.1) is 22.0 Å². The van der Waals surface area contributed by atoms with Crippen LogP contribution in [0, 0.1) is 5.92 Å². The number of fused-ring (bicyclic) bond motifs is 1. The summed E-state index contributed by atoms with van der Waals surface area (Å²) in [5.74, 6) is 2.68. The van der Waals surface area contributed by atoms with E-state index in [1.807, 2.05) is 4.90 Å². The highest BCUT2D eigenvalue weighted by Gasteiger charge is 2.27. The molecule has 1 unspecified atom stereocenters. The van der Waals surface area contributed by atoms with Crippen LogP contribution in [0.15, 0.2) is 11.0 Å². The van der Waals surface area contributed by atoms with E-state index >= 15 is 0 Å². The Bertz CT molecular complexity index is 909. The van der Waals surface area contributed by atoms with Gasteiger partial charge in [0.25, 0.3) is 5.88 Å². The molecule has 2 aliphatic heterocycles. The number of rotatable bonds is 6. The van der Waals surface area contributed by atoms with Crippen molar-refractivity contribution in [2.45, 2.75) is 31.2 Å². The van der Waals surface area contributed by atoms with Crippen LogP contribution >= 0.6 is 23.4 Å². The van der Waals surface area contributed by atoms with E-state index in [1.165, 1.54) is 0 Å². The van der Waals surface area contributed by atoms with Gasteiger partial charge in [-0.3, -0.25) is 0 Å². The molecule has 0 spiro atoms. The Morgan fingerprint density at radius 3 is 2.60 bits per heavy atom. The molecule has 2 aromatic heterocycles. The van der Waals surface area contributed by atoms with Crippen LogP contribution in [-0.4, -0.2) is 75.0 Å². The SMILES string of the molecule is CC(C)C(CO)Nc1nc(N2CCN(c3cc(Cl)nnc3O)CC2)nc2c1SCC2. The van der Waals surface area contributed by atoms with Crippen molar-refractivity contribution >= 4 is 40.8 Å². The van der Waals surface area contributed by atoms with Gasteiger partial charge in [0.05, 0.1) is 23.2 Å². The number of hydrogen-bond acceptors (Lipinski definition) is 10. The number of aliphatic hydroxyl groups excluding tert-OH is 1. The van der Waals surface area contributed by atoms with Crippen molar-refractivity contribution < 1.29 is 10.2 Å². The summed E-state index contributed by atoms with van der Waals surface area (Å²) in [6, 6.07) is 1.58. The lowest BCUT2D eigenvalue weighted by Gasteiger charge is -2.36. The van der Waals surface area contributed by atoms with Gasteiger partial charge in [-0.1, -0.05) is 25.4 Å². The van der Waals surface area contributed by atoms with Crippen molar-refractivity contribution in [3.8, 4) is 5.88 Å². The fourth-order valence-corrected chi connectivity index (χ4v) is 4.82. The predicted molar refractivity (Wildman–Crippen MR) is 119 cm³/mol. The van der Waals surface area contributed by atoms with Crippen LogP contribution in [0.25, 0.3) is 0 Å². The molecule has 0 bridgehead atoms. The second kappa shape index (κ2) is 8.99. The maximum atomic E-state index is 10.0. The molecule has 162 valence electrons. The second-order valence-corrected chi connectivity index (χ2v) is 9.27. The molecular formula is C19H26ClN7O2S. The number of piperazine rings is 1. The lowest BCUT2D eigenvalue weighted by molar-refractivity contribution is 0.249. The lowest BCUT2D eigenvalue weighted by Crippen LogP contribution is -2.47. The first-order valence-electron chi connectivity index (χ1n) is 10.1. The van der Waals surface area contributed by atoms with E-state index in [4.69, 9.17) is 21.6 Å². The number of hydrogen-bond donors (Lipinski definition) is 3. The zero-order chi connectivity index (χ0) is 21.3. The molecule has 0 saturated carbocycles. The van der Waals surface area contributed by atoms with Crippen LogP contribution < -0.4 is 15.1 Å². The minimum Gasteiger partial charge on any atom is -0.491 e. The van der Waals surface area contributed by atoms with E-state index in [9.17, 15) is 10.2 Å². The van der Waals surface area contributed by atoms with Crippen molar-refractivity contribution in [2.75, 3.05) is 53.7 Å². The molecule has 3 N–H and O–H groups in total. The number of halogens is 1. The van der Waals surface area contributed by atoms with Gasteiger partial charge in [0.2, 0.25) is 5.95 Å². The molecule has 1 atom stereocenters.